The SMILES string of the molecule is N#CC1COCCN1Cc1noc(-c2cccc(Cl)c2)n1. The number of hydrogen-bond acceptors (Lipinski definition) is 6. The van der Waals surface area contributed by atoms with Gasteiger partial charge in [0.2, 0.25) is 0 Å². The summed E-state index contributed by atoms with van der Waals surface area (Å²) in [6.45, 7) is 2.16. The summed E-state index contributed by atoms with van der Waals surface area (Å²) in [4.78, 5) is 6.34. The third kappa shape index (κ3) is 3.22. The predicted molar refractivity (Wildman–Crippen MR) is 75.4 cm³/mol. The molecule has 1 aromatic carbocycles. The zero-order valence-electron chi connectivity index (χ0n) is 11.2. The predicted octanol–water partition coefficient (Wildman–Crippen LogP) is 2.11. The molecule has 0 bridgehead atoms. The molecule has 3 rings (SSSR count). The van der Waals surface area contributed by atoms with E-state index in [1.165, 1.54) is 0 Å². The first-order valence-electron chi connectivity index (χ1n) is 6.56. The Kier molecular flexibility index (Phi) is 4.15. The lowest BCUT2D eigenvalue weighted by Crippen LogP contribution is -2.44. The second-order valence-electron chi connectivity index (χ2n) is 4.72. The van der Waals surface area contributed by atoms with Gasteiger partial charge in [-0.2, -0.15) is 10.2 Å². The summed E-state index contributed by atoms with van der Waals surface area (Å²) in [6, 6.07) is 9.19. The normalized spacial score (nSPS) is 19.3. The minimum atomic E-state index is -0.271. The Balaban J connectivity index is 1.75. The average molecular weight is 305 g/mol. The van der Waals surface area contributed by atoms with Crippen molar-refractivity contribution in [2.75, 3.05) is 19.8 Å². The van der Waals surface area contributed by atoms with Crippen molar-refractivity contribution in [3.63, 3.8) is 0 Å². The van der Waals surface area contributed by atoms with Crippen molar-refractivity contribution < 1.29 is 9.26 Å². The summed E-state index contributed by atoms with van der Waals surface area (Å²) in [6.07, 6.45) is 0. The monoisotopic (exact) mass is 304 g/mol. The molecule has 1 fully saturated rings. The lowest BCUT2D eigenvalue weighted by Gasteiger charge is -2.29. The minimum absolute atomic E-state index is 0.271. The fourth-order valence-electron chi connectivity index (χ4n) is 2.18. The Hall–Kier alpha value is -1.94. The number of aromatic nitrogens is 2. The average Bonchev–Trinajstić information content (AvgIpc) is 2.96. The lowest BCUT2D eigenvalue weighted by molar-refractivity contribution is 0.00748. The van der Waals surface area contributed by atoms with Gasteiger partial charge in [0.15, 0.2) is 5.82 Å². The molecule has 0 N–H and O–H groups in total. The first-order chi connectivity index (χ1) is 10.3. The van der Waals surface area contributed by atoms with Crippen molar-refractivity contribution in [1.29, 1.82) is 5.26 Å². The number of nitriles is 1. The Labute approximate surface area is 126 Å². The van der Waals surface area contributed by atoms with Crippen LogP contribution in [0.5, 0.6) is 0 Å². The molecular formula is C14H13ClN4O2. The van der Waals surface area contributed by atoms with Crippen LogP contribution in [0.1, 0.15) is 5.82 Å². The number of morpholine rings is 1. The van der Waals surface area contributed by atoms with Gasteiger partial charge in [-0.05, 0) is 18.2 Å². The van der Waals surface area contributed by atoms with E-state index in [9.17, 15) is 0 Å². The van der Waals surface area contributed by atoms with Crippen LogP contribution in [-0.4, -0.2) is 40.8 Å². The van der Waals surface area contributed by atoms with Crippen molar-refractivity contribution in [1.82, 2.24) is 15.0 Å². The zero-order valence-corrected chi connectivity index (χ0v) is 12.0. The van der Waals surface area contributed by atoms with E-state index in [0.29, 0.717) is 43.0 Å². The van der Waals surface area contributed by atoms with Gasteiger partial charge in [-0.1, -0.05) is 22.8 Å². The second-order valence-corrected chi connectivity index (χ2v) is 5.15. The van der Waals surface area contributed by atoms with Gasteiger partial charge in [0, 0.05) is 17.1 Å². The molecule has 1 aromatic heterocycles. The maximum absolute atomic E-state index is 9.10. The molecule has 21 heavy (non-hydrogen) atoms. The maximum atomic E-state index is 9.10. The molecule has 7 heteroatoms. The van der Waals surface area contributed by atoms with Gasteiger partial charge in [0.1, 0.15) is 6.04 Å². The number of ether oxygens (including phenoxy) is 1. The fraction of sp³-hybridized carbons (Fsp3) is 0.357. The van der Waals surface area contributed by atoms with Crippen LogP contribution in [0.2, 0.25) is 5.02 Å². The number of rotatable bonds is 3. The molecule has 2 heterocycles. The molecule has 2 aromatic rings. The molecule has 0 saturated carbocycles. The fourth-order valence-corrected chi connectivity index (χ4v) is 2.38. The van der Waals surface area contributed by atoms with E-state index in [0.717, 1.165) is 5.56 Å². The molecule has 0 amide bonds. The summed E-state index contributed by atoms with van der Waals surface area (Å²) >= 11 is 5.95. The van der Waals surface area contributed by atoms with Gasteiger partial charge in [0.25, 0.3) is 5.89 Å². The van der Waals surface area contributed by atoms with Crippen molar-refractivity contribution in [2.24, 2.45) is 0 Å². The largest absolute Gasteiger partial charge is 0.377 e. The molecule has 6 nitrogen and oxygen atoms in total. The number of halogens is 1. The van der Waals surface area contributed by atoms with Gasteiger partial charge in [-0.15, -0.1) is 0 Å². The quantitative estimate of drug-likeness (QED) is 0.864. The van der Waals surface area contributed by atoms with Crippen LogP contribution in [0, 0.1) is 11.3 Å². The Morgan fingerprint density at radius 2 is 2.38 bits per heavy atom. The second kappa shape index (κ2) is 6.22. The van der Waals surface area contributed by atoms with E-state index in [1.807, 2.05) is 17.0 Å². The molecule has 1 atom stereocenters. The van der Waals surface area contributed by atoms with E-state index >= 15 is 0 Å². The number of nitrogens with zero attached hydrogens (tertiary/aromatic N) is 4. The van der Waals surface area contributed by atoms with E-state index in [-0.39, 0.29) is 6.04 Å². The van der Waals surface area contributed by atoms with Crippen molar-refractivity contribution in [2.45, 2.75) is 12.6 Å². The Morgan fingerprint density at radius 1 is 1.48 bits per heavy atom. The molecular weight excluding hydrogens is 292 g/mol. The molecule has 108 valence electrons. The van der Waals surface area contributed by atoms with Crippen LogP contribution in [-0.2, 0) is 11.3 Å². The van der Waals surface area contributed by atoms with E-state index in [4.69, 9.17) is 26.1 Å². The third-order valence-corrected chi connectivity index (χ3v) is 3.51. The van der Waals surface area contributed by atoms with E-state index in [1.54, 1.807) is 12.1 Å². The molecule has 0 aliphatic carbocycles. The van der Waals surface area contributed by atoms with Crippen LogP contribution in [0.25, 0.3) is 11.5 Å². The van der Waals surface area contributed by atoms with Crippen LogP contribution in [0.4, 0.5) is 0 Å². The highest BCUT2D eigenvalue weighted by atomic mass is 35.5. The summed E-state index contributed by atoms with van der Waals surface area (Å²) in [5, 5.41) is 13.7. The summed E-state index contributed by atoms with van der Waals surface area (Å²) in [7, 11) is 0. The van der Waals surface area contributed by atoms with Gasteiger partial charge in [-0.3, -0.25) is 4.90 Å². The number of hydrogen-bond donors (Lipinski definition) is 0. The van der Waals surface area contributed by atoms with Gasteiger partial charge in [0.05, 0.1) is 25.8 Å². The van der Waals surface area contributed by atoms with E-state index in [2.05, 4.69) is 16.2 Å². The minimum Gasteiger partial charge on any atom is -0.377 e. The van der Waals surface area contributed by atoms with Crippen molar-refractivity contribution in [3.8, 4) is 17.5 Å². The molecule has 0 radical (unpaired) electrons. The highest BCUT2D eigenvalue weighted by molar-refractivity contribution is 6.30. The molecule has 1 aliphatic heterocycles. The van der Waals surface area contributed by atoms with Crippen molar-refractivity contribution >= 4 is 11.6 Å². The van der Waals surface area contributed by atoms with Crippen LogP contribution in [0.3, 0.4) is 0 Å². The molecule has 0 spiro atoms. The van der Waals surface area contributed by atoms with E-state index < -0.39 is 0 Å². The number of benzene rings is 1. The highest BCUT2D eigenvalue weighted by Crippen LogP contribution is 2.21. The standard InChI is InChI=1S/C14H13ClN4O2/c15-11-3-1-2-10(6-11)14-17-13(18-21-14)8-19-4-5-20-9-12(19)7-16/h1-3,6,12H,4-5,8-9H2. The Morgan fingerprint density at radius 3 is 3.19 bits per heavy atom. The topological polar surface area (TPSA) is 75.2 Å². The Bertz CT molecular complexity index is 667. The van der Waals surface area contributed by atoms with Crippen molar-refractivity contribution in [3.05, 3.63) is 35.1 Å². The van der Waals surface area contributed by atoms with Crippen LogP contribution >= 0.6 is 11.6 Å². The van der Waals surface area contributed by atoms with Crippen LogP contribution < -0.4 is 0 Å². The van der Waals surface area contributed by atoms with Gasteiger partial charge in [-0.25, -0.2) is 0 Å². The highest BCUT2D eigenvalue weighted by Gasteiger charge is 2.24. The molecule has 1 unspecified atom stereocenters. The summed E-state index contributed by atoms with van der Waals surface area (Å²) < 4.78 is 10.5. The maximum Gasteiger partial charge on any atom is 0.258 e. The van der Waals surface area contributed by atoms with Crippen LogP contribution in [0.15, 0.2) is 28.8 Å². The first kappa shape index (κ1) is 14.0. The first-order valence-corrected chi connectivity index (χ1v) is 6.94. The lowest BCUT2D eigenvalue weighted by atomic mass is 10.2. The molecule has 1 aliphatic rings. The van der Waals surface area contributed by atoms with Gasteiger partial charge >= 0.3 is 0 Å². The zero-order chi connectivity index (χ0) is 14.7. The summed E-state index contributed by atoms with van der Waals surface area (Å²) in [5.41, 5.74) is 0.778. The summed E-state index contributed by atoms with van der Waals surface area (Å²) in [5.74, 6) is 0.974. The molecule has 1 saturated heterocycles. The third-order valence-electron chi connectivity index (χ3n) is 3.27. The smallest absolute Gasteiger partial charge is 0.258 e. The van der Waals surface area contributed by atoms with Gasteiger partial charge < -0.3 is 9.26 Å².